The summed E-state index contributed by atoms with van der Waals surface area (Å²) in [5.74, 6) is -0.0962. The molecule has 1 atom stereocenters. The number of benzene rings is 6. The Bertz CT molecular complexity index is 4030. The summed E-state index contributed by atoms with van der Waals surface area (Å²) in [6.07, 6.45) is 29.7. The molecule has 0 N–H and O–H groups in total. The highest BCUT2D eigenvalue weighted by Gasteiger charge is 2.45. The van der Waals surface area contributed by atoms with Crippen LogP contribution in [0.5, 0.6) is 0 Å². The largest absolute Gasteiger partial charge is 0.293 e. The maximum absolute atomic E-state index is 13.4. The molecular formula is C73H80N6O2S6. The third-order valence-electron chi connectivity index (χ3n) is 19.4. The highest BCUT2D eigenvalue weighted by atomic mass is 32.2. The Labute approximate surface area is 542 Å². The van der Waals surface area contributed by atoms with E-state index in [9.17, 15) is 9.59 Å². The van der Waals surface area contributed by atoms with Gasteiger partial charge in [0.1, 0.15) is 30.7 Å². The van der Waals surface area contributed by atoms with Crippen LogP contribution in [0, 0.1) is 0 Å². The Kier molecular flexibility index (Phi) is 19.1. The van der Waals surface area contributed by atoms with Crippen LogP contribution in [0.1, 0.15) is 210 Å². The van der Waals surface area contributed by atoms with Gasteiger partial charge in [-0.3, -0.25) is 19.4 Å². The van der Waals surface area contributed by atoms with Crippen LogP contribution in [-0.4, -0.2) is 60.8 Å². The van der Waals surface area contributed by atoms with E-state index in [0.717, 1.165) is 81.1 Å². The van der Waals surface area contributed by atoms with E-state index in [1.54, 1.807) is 9.80 Å². The zero-order valence-corrected chi connectivity index (χ0v) is 56.3. The normalized spacial score (nSPS) is 17.8. The second-order valence-electron chi connectivity index (χ2n) is 24.8. The molecule has 2 aromatic heterocycles. The van der Waals surface area contributed by atoms with Crippen molar-refractivity contribution in [2.45, 2.75) is 187 Å². The van der Waals surface area contributed by atoms with Gasteiger partial charge in [0.25, 0.3) is 11.8 Å². The minimum absolute atomic E-state index is 0.0463. The molecule has 2 aliphatic heterocycles. The second-order valence-corrected chi connectivity index (χ2v) is 29.2. The van der Waals surface area contributed by atoms with Crippen molar-refractivity contribution in [2.24, 2.45) is 0 Å². The number of rotatable bonds is 27. The van der Waals surface area contributed by atoms with Gasteiger partial charge in [-0.15, -0.1) is 0 Å². The number of unbranched alkanes of at least 4 members (excludes halogenated alkanes) is 15. The van der Waals surface area contributed by atoms with Crippen molar-refractivity contribution in [1.29, 1.82) is 0 Å². The van der Waals surface area contributed by atoms with Gasteiger partial charge in [0, 0.05) is 46.2 Å². The van der Waals surface area contributed by atoms with E-state index in [1.165, 1.54) is 211 Å². The Hall–Kier alpha value is -5.48. The number of thioether (sulfide) groups is 2. The van der Waals surface area contributed by atoms with Crippen molar-refractivity contribution in [3.05, 3.63) is 128 Å². The number of amides is 2. The lowest BCUT2D eigenvalue weighted by molar-refractivity contribution is -0.122. The summed E-state index contributed by atoms with van der Waals surface area (Å²) in [6.45, 7) is 14.5. The first-order valence-electron chi connectivity index (χ1n) is 32.4. The molecule has 14 heteroatoms. The van der Waals surface area contributed by atoms with Crippen LogP contribution in [0.4, 0.5) is 0 Å². The Morgan fingerprint density at radius 3 is 1.28 bits per heavy atom. The lowest BCUT2D eigenvalue weighted by Gasteiger charge is -2.33. The predicted octanol–water partition coefficient (Wildman–Crippen LogP) is 21.4. The molecule has 0 bridgehead atoms. The Morgan fingerprint density at radius 1 is 0.425 bits per heavy atom. The third-order valence-corrected chi connectivity index (χ3v) is 23.2. The van der Waals surface area contributed by atoms with Gasteiger partial charge in [0.05, 0.1) is 33.3 Å². The molecule has 2 aliphatic carbocycles. The summed E-state index contributed by atoms with van der Waals surface area (Å²) in [4.78, 5) is 31.3. The Balaban J connectivity index is 0.966. The van der Waals surface area contributed by atoms with Gasteiger partial charge < -0.3 is 0 Å². The predicted molar refractivity (Wildman–Crippen MR) is 380 cm³/mol. The van der Waals surface area contributed by atoms with E-state index < -0.39 is 0 Å². The highest BCUT2D eigenvalue weighted by molar-refractivity contribution is 8.27. The molecule has 1 unspecified atom stereocenters. The van der Waals surface area contributed by atoms with Crippen molar-refractivity contribution in [1.82, 2.24) is 27.3 Å². The lowest BCUT2D eigenvalue weighted by atomic mass is 9.70. The fraction of sp³-hybridized carbons (Fsp3) is 0.425. The molecule has 0 spiro atoms. The summed E-state index contributed by atoms with van der Waals surface area (Å²) in [7, 11) is 0. The number of fused-ring (bicyclic) bond motifs is 9. The topological polar surface area (TPSA) is 92.2 Å². The molecule has 0 saturated carbocycles. The zero-order chi connectivity index (χ0) is 60.4. The van der Waals surface area contributed by atoms with Crippen LogP contribution in [0.2, 0.25) is 0 Å². The van der Waals surface area contributed by atoms with Crippen molar-refractivity contribution in [3.63, 3.8) is 0 Å². The summed E-state index contributed by atoms with van der Waals surface area (Å²) < 4.78 is 20.8. The molecular weight excluding hydrogens is 1190 g/mol. The summed E-state index contributed by atoms with van der Waals surface area (Å²) in [5, 5.41) is 2.63. The number of likely N-dealkylation sites (N-methyl/N-ethyl adjacent to an activating group) is 2. The van der Waals surface area contributed by atoms with Crippen LogP contribution in [-0.2, 0) is 20.4 Å². The molecule has 6 aromatic carbocycles. The fourth-order valence-electron chi connectivity index (χ4n) is 14.6. The summed E-state index contributed by atoms with van der Waals surface area (Å²) in [5.41, 5.74) is 20.4. The van der Waals surface area contributed by atoms with Gasteiger partial charge in [0.15, 0.2) is 0 Å². The van der Waals surface area contributed by atoms with Gasteiger partial charge in [-0.25, -0.2) is 0 Å². The fourth-order valence-corrected chi connectivity index (χ4v) is 18.5. The van der Waals surface area contributed by atoms with Gasteiger partial charge in [-0.05, 0) is 148 Å². The van der Waals surface area contributed by atoms with Crippen molar-refractivity contribution >= 4 is 137 Å². The molecule has 4 aliphatic rings. The molecule has 2 saturated heterocycles. The molecule has 8 aromatic rings. The number of aromatic nitrogens is 4. The minimum Gasteiger partial charge on any atom is -0.293 e. The van der Waals surface area contributed by atoms with E-state index in [0.29, 0.717) is 31.5 Å². The highest BCUT2D eigenvalue weighted by Crippen LogP contribution is 2.59. The van der Waals surface area contributed by atoms with Crippen LogP contribution < -0.4 is 0 Å². The number of nitrogens with zero attached hydrogens (tertiary/aromatic N) is 6. The first-order valence-corrected chi connectivity index (χ1v) is 36.3. The average molecular weight is 1270 g/mol. The first-order chi connectivity index (χ1) is 42.4. The van der Waals surface area contributed by atoms with E-state index in [4.69, 9.17) is 41.9 Å². The lowest BCUT2D eigenvalue weighted by Crippen LogP contribution is -2.27. The number of hydrogen-bond donors (Lipinski definition) is 0. The SMILES string of the molecule is CCCCCCCCC1(C)c2cc(-c3ccc(/C=C4\SC(=S)N(CC)C4=O)c4nsnc34)ccc2-c2cc3cc4c(cc3cc21)-c1ccc(-c2ccc(/C=C3\SC(=S)N(CC)C3=O)c3nsnc23)cc1C4(CCCCCCCC)CCCCCCCC. The number of carbonyl (C=O) groups is 2. The maximum atomic E-state index is 13.4. The van der Waals surface area contributed by atoms with Crippen molar-refractivity contribution < 1.29 is 9.59 Å². The quantitative estimate of drug-likeness (QED) is 0.0282. The molecule has 2 fully saturated rings. The number of hydrogen-bond acceptors (Lipinski definition) is 12. The molecule has 2 amide bonds. The van der Waals surface area contributed by atoms with E-state index in [2.05, 4.69) is 113 Å². The molecule has 4 heterocycles. The standard InChI is InChI=1S/C73H80N6O2S6/c1-7-12-15-18-21-24-35-72(6)58-40-46(52-31-29-48(64-66(52)76-86-74-64)44-62-68(80)78(10-4)70(82)84-62)27-33-54(58)56-38-51-43-61-57(39-50(51)42-59(56)72)55-34-28-47(41-60(55)73(61,36-25-22-19-16-13-8-2)37-26-23-20-17-14-9-3)53-32-30-49(65-67(53)77-87-75-65)45-63-69(81)79(11-5)71(83)85-63/h27-34,38-45H,7-26,35-37H2,1-6H3/b62-44-,63-45-. The van der Waals surface area contributed by atoms with Crippen molar-refractivity contribution in [2.75, 3.05) is 13.1 Å². The van der Waals surface area contributed by atoms with E-state index >= 15 is 0 Å². The van der Waals surface area contributed by atoms with E-state index in [-0.39, 0.29) is 22.6 Å². The van der Waals surface area contributed by atoms with Gasteiger partial charge in [-0.2, -0.15) is 17.5 Å². The van der Waals surface area contributed by atoms with Crippen LogP contribution in [0.3, 0.4) is 0 Å². The Morgan fingerprint density at radius 2 is 0.805 bits per heavy atom. The van der Waals surface area contributed by atoms with Gasteiger partial charge >= 0.3 is 0 Å². The molecule has 450 valence electrons. The molecule has 0 radical (unpaired) electrons. The van der Waals surface area contributed by atoms with Crippen LogP contribution in [0.15, 0.2) is 94.7 Å². The van der Waals surface area contributed by atoms with Gasteiger partial charge in [0.2, 0.25) is 0 Å². The van der Waals surface area contributed by atoms with Crippen LogP contribution >= 0.6 is 71.4 Å². The number of thiocarbonyl (C=S) groups is 2. The average Bonchev–Trinajstić information content (AvgIpc) is 1.59. The third kappa shape index (κ3) is 11.8. The minimum atomic E-state index is -0.214. The smallest absolute Gasteiger partial charge is 0.266 e. The molecule has 8 nitrogen and oxygen atoms in total. The summed E-state index contributed by atoms with van der Waals surface area (Å²) >= 11 is 16.3. The second kappa shape index (κ2) is 26.9. The first kappa shape index (κ1) is 61.7. The van der Waals surface area contributed by atoms with Crippen molar-refractivity contribution in [3.8, 4) is 44.5 Å². The summed E-state index contributed by atoms with van der Waals surface area (Å²) in [6, 6.07) is 33.5. The maximum Gasteiger partial charge on any atom is 0.266 e. The molecule has 87 heavy (non-hydrogen) atoms. The number of carbonyl (C=O) groups excluding carboxylic acids is 2. The van der Waals surface area contributed by atoms with E-state index in [1.807, 2.05) is 26.0 Å². The molecule has 12 rings (SSSR count). The monoisotopic (exact) mass is 1260 g/mol. The zero-order valence-electron chi connectivity index (χ0n) is 51.5. The van der Waals surface area contributed by atoms with Crippen LogP contribution in [0.25, 0.3) is 89.5 Å². The van der Waals surface area contributed by atoms with Gasteiger partial charge in [-0.1, -0.05) is 240 Å².